The first kappa shape index (κ1) is 12.4. The highest BCUT2D eigenvalue weighted by Gasteiger charge is 2.30. The van der Waals surface area contributed by atoms with E-state index in [-0.39, 0.29) is 11.6 Å². The number of hydrogen-bond acceptors (Lipinski definition) is 3. The fourth-order valence-corrected chi connectivity index (χ4v) is 2.42. The molecule has 3 nitrogen and oxygen atoms in total. The largest absolute Gasteiger partial charge is 0.493 e. The number of rotatable bonds is 4. The van der Waals surface area contributed by atoms with E-state index in [0.717, 1.165) is 18.8 Å². The van der Waals surface area contributed by atoms with Gasteiger partial charge in [-0.1, -0.05) is 12.1 Å². The van der Waals surface area contributed by atoms with Crippen molar-refractivity contribution in [3.63, 3.8) is 0 Å². The summed E-state index contributed by atoms with van der Waals surface area (Å²) in [5.74, 6) is 1.03. The molecule has 1 atom stereocenters. The Balaban J connectivity index is 2.32. The number of likely N-dealkylation sites (N-methyl/N-ethyl adjacent to an activating group) is 1. The maximum Gasteiger partial charge on any atom is 0.122 e. The van der Waals surface area contributed by atoms with E-state index in [4.69, 9.17) is 9.47 Å². The normalized spacial score (nSPS) is 16.5. The van der Waals surface area contributed by atoms with Gasteiger partial charge in [-0.05, 0) is 38.1 Å². The first-order valence-electron chi connectivity index (χ1n) is 6.06. The zero-order valence-corrected chi connectivity index (χ0v) is 11.0. The molecule has 3 heteroatoms. The average molecular weight is 235 g/mol. The van der Waals surface area contributed by atoms with E-state index in [0.29, 0.717) is 0 Å². The first-order chi connectivity index (χ1) is 8.08. The second kappa shape index (κ2) is 4.67. The molecule has 2 rings (SSSR count). The van der Waals surface area contributed by atoms with Crippen LogP contribution >= 0.6 is 0 Å². The van der Waals surface area contributed by atoms with Crippen molar-refractivity contribution in [3.8, 4) is 5.75 Å². The van der Waals surface area contributed by atoms with Crippen LogP contribution in [0, 0.1) is 0 Å². The number of fused-ring (bicyclic) bond motifs is 1. The first-order valence-corrected chi connectivity index (χ1v) is 6.06. The molecule has 1 N–H and O–H groups in total. The Labute approximate surface area is 103 Å². The summed E-state index contributed by atoms with van der Waals surface area (Å²) in [6, 6.07) is 6.59. The van der Waals surface area contributed by atoms with Gasteiger partial charge in [0.25, 0.3) is 0 Å². The molecule has 0 aliphatic carbocycles. The van der Waals surface area contributed by atoms with E-state index in [1.165, 1.54) is 11.1 Å². The lowest BCUT2D eigenvalue weighted by molar-refractivity contribution is -0.00900. The highest BCUT2D eigenvalue weighted by molar-refractivity contribution is 5.41. The van der Waals surface area contributed by atoms with Crippen molar-refractivity contribution in [1.29, 1.82) is 0 Å². The van der Waals surface area contributed by atoms with Gasteiger partial charge in [0.05, 0.1) is 18.2 Å². The second-order valence-electron chi connectivity index (χ2n) is 4.99. The Morgan fingerprint density at radius 3 is 2.82 bits per heavy atom. The Bertz CT molecular complexity index is 401. The topological polar surface area (TPSA) is 30.5 Å². The van der Waals surface area contributed by atoms with Gasteiger partial charge in [0, 0.05) is 13.5 Å². The van der Waals surface area contributed by atoms with Crippen molar-refractivity contribution in [3.05, 3.63) is 29.3 Å². The van der Waals surface area contributed by atoms with Crippen LogP contribution in [0.3, 0.4) is 0 Å². The Morgan fingerprint density at radius 2 is 2.18 bits per heavy atom. The van der Waals surface area contributed by atoms with Gasteiger partial charge in [0.1, 0.15) is 5.75 Å². The molecule has 94 valence electrons. The number of ether oxygens (including phenoxy) is 2. The lowest BCUT2D eigenvalue weighted by atomic mass is 9.90. The lowest BCUT2D eigenvalue weighted by Crippen LogP contribution is -2.39. The summed E-state index contributed by atoms with van der Waals surface area (Å²) in [7, 11) is 3.72. The predicted molar refractivity (Wildman–Crippen MR) is 68.5 cm³/mol. The van der Waals surface area contributed by atoms with Crippen molar-refractivity contribution < 1.29 is 9.47 Å². The van der Waals surface area contributed by atoms with Crippen LogP contribution in [0.15, 0.2) is 18.2 Å². The SMILES string of the molecule is CNC(c1ccc2c(c1)CCO2)C(C)(C)OC. The molecular weight excluding hydrogens is 214 g/mol. The van der Waals surface area contributed by atoms with Gasteiger partial charge in [-0.3, -0.25) is 0 Å². The summed E-state index contributed by atoms with van der Waals surface area (Å²) in [6.45, 7) is 4.99. The van der Waals surface area contributed by atoms with Crippen molar-refractivity contribution in [2.45, 2.75) is 31.9 Å². The fourth-order valence-electron chi connectivity index (χ4n) is 2.42. The fraction of sp³-hybridized carbons (Fsp3) is 0.571. The van der Waals surface area contributed by atoms with Gasteiger partial charge < -0.3 is 14.8 Å². The molecule has 1 aromatic carbocycles. The van der Waals surface area contributed by atoms with Crippen LogP contribution in [-0.4, -0.2) is 26.4 Å². The maximum absolute atomic E-state index is 5.57. The molecule has 1 unspecified atom stereocenters. The van der Waals surface area contributed by atoms with Crippen LogP contribution in [0.4, 0.5) is 0 Å². The summed E-state index contributed by atoms with van der Waals surface area (Å²) in [5.41, 5.74) is 2.32. The lowest BCUT2D eigenvalue weighted by Gasteiger charge is -2.33. The van der Waals surface area contributed by atoms with E-state index >= 15 is 0 Å². The minimum atomic E-state index is -0.234. The van der Waals surface area contributed by atoms with Gasteiger partial charge in [-0.25, -0.2) is 0 Å². The van der Waals surface area contributed by atoms with Gasteiger partial charge in [0.15, 0.2) is 0 Å². The number of benzene rings is 1. The highest BCUT2D eigenvalue weighted by atomic mass is 16.5. The Kier molecular flexibility index (Phi) is 3.40. The summed E-state index contributed by atoms with van der Waals surface area (Å²) < 4.78 is 11.1. The molecule has 1 aliphatic heterocycles. The number of nitrogens with one attached hydrogen (secondary N) is 1. The van der Waals surface area contributed by atoms with Crippen molar-refractivity contribution >= 4 is 0 Å². The van der Waals surface area contributed by atoms with Gasteiger partial charge in [-0.15, -0.1) is 0 Å². The third-order valence-corrected chi connectivity index (χ3v) is 3.56. The van der Waals surface area contributed by atoms with Gasteiger partial charge in [-0.2, -0.15) is 0 Å². The summed E-state index contributed by atoms with van der Waals surface area (Å²) in [6.07, 6.45) is 1.01. The van der Waals surface area contributed by atoms with Crippen LogP contribution in [-0.2, 0) is 11.2 Å². The number of hydrogen-bond donors (Lipinski definition) is 1. The Morgan fingerprint density at radius 1 is 1.41 bits per heavy atom. The molecule has 1 aliphatic rings. The van der Waals surface area contributed by atoms with Gasteiger partial charge in [0.2, 0.25) is 0 Å². The van der Waals surface area contributed by atoms with Gasteiger partial charge >= 0.3 is 0 Å². The summed E-state index contributed by atoms with van der Waals surface area (Å²) in [5, 5.41) is 3.33. The maximum atomic E-state index is 5.57. The van der Waals surface area contributed by atoms with Crippen LogP contribution in [0.25, 0.3) is 0 Å². The smallest absolute Gasteiger partial charge is 0.122 e. The van der Waals surface area contributed by atoms with E-state index in [1.54, 1.807) is 7.11 Å². The Hall–Kier alpha value is -1.06. The van der Waals surface area contributed by atoms with Crippen LogP contribution in [0.5, 0.6) is 5.75 Å². The predicted octanol–water partition coefficient (Wildman–Crippen LogP) is 2.31. The second-order valence-corrected chi connectivity index (χ2v) is 4.99. The molecule has 0 saturated heterocycles. The zero-order chi connectivity index (χ0) is 12.5. The molecule has 0 radical (unpaired) electrons. The van der Waals surface area contributed by atoms with Crippen LogP contribution in [0.2, 0.25) is 0 Å². The van der Waals surface area contributed by atoms with E-state index in [9.17, 15) is 0 Å². The quantitative estimate of drug-likeness (QED) is 0.868. The van der Waals surface area contributed by atoms with E-state index < -0.39 is 0 Å². The molecule has 1 aromatic rings. The average Bonchev–Trinajstić information content (AvgIpc) is 2.77. The molecule has 17 heavy (non-hydrogen) atoms. The molecule has 0 saturated carbocycles. The minimum Gasteiger partial charge on any atom is -0.493 e. The zero-order valence-electron chi connectivity index (χ0n) is 11.0. The number of methoxy groups -OCH3 is 1. The molecule has 0 aromatic heterocycles. The third kappa shape index (κ3) is 2.31. The molecule has 0 fully saturated rings. The molecule has 1 heterocycles. The molecule has 0 bridgehead atoms. The standard InChI is InChI=1S/C14H21NO2/c1-14(2,16-4)13(15-3)11-5-6-12-10(9-11)7-8-17-12/h5-6,9,13,15H,7-8H2,1-4H3. The molecular formula is C14H21NO2. The monoisotopic (exact) mass is 235 g/mol. The molecule has 0 amide bonds. The van der Waals surface area contributed by atoms with Crippen LogP contribution < -0.4 is 10.1 Å². The minimum absolute atomic E-state index is 0.179. The highest BCUT2D eigenvalue weighted by Crippen LogP contribution is 2.33. The van der Waals surface area contributed by atoms with Crippen LogP contribution in [0.1, 0.15) is 31.0 Å². The summed E-state index contributed by atoms with van der Waals surface area (Å²) >= 11 is 0. The van der Waals surface area contributed by atoms with Crippen molar-refractivity contribution in [1.82, 2.24) is 5.32 Å². The van der Waals surface area contributed by atoms with Crippen molar-refractivity contribution in [2.75, 3.05) is 20.8 Å². The van der Waals surface area contributed by atoms with Crippen molar-refractivity contribution in [2.24, 2.45) is 0 Å². The van der Waals surface area contributed by atoms with E-state index in [1.807, 2.05) is 7.05 Å². The third-order valence-electron chi connectivity index (χ3n) is 3.56. The summed E-state index contributed by atoms with van der Waals surface area (Å²) in [4.78, 5) is 0. The van der Waals surface area contributed by atoms with E-state index in [2.05, 4.69) is 37.4 Å². The molecule has 0 spiro atoms.